The number of hydrogen-bond donors (Lipinski definition) is 1. The van der Waals surface area contributed by atoms with Crippen LogP contribution >= 0.6 is 0 Å². The molecule has 1 aromatic carbocycles. The molecule has 2 N–H and O–H groups in total. The molecule has 0 amide bonds. The van der Waals surface area contributed by atoms with Gasteiger partial charge in [-0.1, -0.05) is 18.2 Å². The van der Waals surface area contributed by atoms with Gasteiger partial charge in [0.15, 0.2) is 0 Å². The van der Waals surface area contributed by atoms with E-state index in [1.54, 1.807) is 18.0 Å². The van der Waals surface area contributed by atoms with Gasteiger partial charge in [0.2, 0.25) is 0 Å². The highest BCUT2D eigenvalue weighted by atomic mass is 16.5. The summed E-state index contributed by atoms with van der Waals surface area (Å²) in [5.74, 6) is 0.453. The molecule has 1 heterocycles. The summed E-state index contributed by atoms with van der Waals surface area (Å²) in [7, 11) is 1.55. The molecule has 0 saturated carbocycles. The van der Waals surface area contributed by atoms with E-state index in [-0.39, 0.29) is 0 Å². The molecular weight excluding hydrogens is 178 g/mol. The van der Waals surface area contributed by atoms with Crippen LogP contribution in [-0.2, 0) is 0 Å². The van der Waals surface area contributed by atoms with Gasteiger partial charge in [-0.25, -0.2) is 4.68 Å². The fourth-order valence-corrected chi connectivity index (χ4v) is 1.24. The Morgan fingerprint density at radius 3 is 2.57 bits per heavy atom. The minimum atomic E-state index is 0.453. The third-order valence-corrected chi connectivity index (χ3v) is 1.92. The molecule has 2 aromatic rings. The molecule has 72 valence electrons. The number of ether oxygens (including phenoxy) is 1. The summed E-state index contributed by atoms with van der Waals surface area (Å²) in [6.45, 7) is 0. The summed E-state index contributed by atoms with van der Waals surface area (Å²) in [6.07, 6.45) is 1.73. The fourth-order valence-electron chi connectivity index (χ4n) is 1.24. The summed E-state index contributed by atoms with van der Waals surface area (Å²) in [5, 5.41) is 4.17. The number of methoxy groups -OCH3 is 1. The van der Waals surface area contributed by atoms with Crippen LogP contribution in [0.4, 0.5) is 5.69 Å². The van der Waals surface area contributed by atoms with Gasteiger partial charge in [0.25, 0.3) is 5.88 Å². The molecular formula is C10H11N3O. The minimum absolute atomic E-state index is 0.453. The van der Waals surface area contributed by atoms with Gasteiger partial charge in [-0.05, 0) is 12.1 Å². The molecule has 0 fully saturated rings. The van der Waals surface area contributed by atoms with Crippen LogP contribution in [0.2, 0.25) is 0 Å². The summed E-state index contributed by atoms with van der Waals surface area (Å²) >= 11 is 0. The van der Waals surface area contributed by atoms with Crippen molar-refractivity contribution in [1.29, 1.82) is 0 Å². The normalized spacial score (nSPS) is 10.1. The molecule has 0 aliphatic rings. The molecule has 14 heavy (non-hydrogen) atoms. The van der Waals surface area contributed by atoms with Crippen molar-refractivity contribution in [2.24, 2.45) is 0 Å². The maximum absolute atomic E-state index is 5.68. The van der Waals surface area contributed by atoms with E-state index in [0.29, 0.717) is 11.6 Å². The van der Waals surface area contributed by atoms with Crippen LogP contribution in [0.15, 0.2) is 36.5 Å². The first kappa shape index (κ1) is 8.62. The van der Waals surface area contributed by atoms with E-state index >= 15 is 0 Å². The Morgan fingerprint density at radius 2 is 2.00 bits per heavy atom. The first-order valence-corrected chi connectivity index (χ1v) is 4.26. The summed E-state index contributed by atoms with van der Waals surface area (Å²) in [4.78, 5) is 0. The average Bonchev–Trinajstić information content (AvgIpc) is 2.61. The Labute approximate surface area is 81.9 Å². The van der Waals surface area contributed by atoms with E-state index in [0.717, 1.165) is 5.69 Å². The Bertz CT molecular complexity index is 422. The van der Waals surface area contributed by atoms with E-state index in [1.165, 1.54) is 0 Å². The zero-order chi connectivity index (χ0) is 9.97. The number of hydrogen-bond acceptors (Lipinski definition) is 3. The van der Waals surface area contributed by atoms with Crippen LogP contribution in [0.3, 0.4) is 0 Å². The molecule has 0 radical (unpaired) electrons. The van der Waals surface area contributed by atoms with Crippen molar-refractivity contribution in [1.82, 2.24) is 9.78 Å². The average molecular weight is 189 g/mol. The van der Waals surface area contributed by atoms with Gasteiger partial charge in [-0.3, -0.25) is 0 Å². The Morgan fingerprint density at radius 1 is 1.29 bits per heavy atom. The van der Waals surface area contributed by atoms with Crippen LogP contribution < -0.4 is 10.5 Å². The van der Waals surface area contributed by atoms with Gasteiger partial charge in [-0.15, -0.1) is 5.10 Å². The van der Waals surface area contributed by atoms with E-state index < -0.39 is 0 Å². The smallest absolute Gasteiger partial charge is 0.256 e. The van der Waals surface area contributed by atoms with Crippen LogP contribution in [0.25, 0.3) is 5.69 Å². The third kappa shape index (κ3) is 1.42. The van der Waals surface area contributed by atoms with Gasteiger partial charge in [0, 0.05) is 0 Å². The van der Waals surface area contributed by atoms with Gasteiger partial charge in [0.05, 0.1) is 19.0 Å². The van der Waals surface area contributed by atoms with Crippen molar-refractivity contribution < 1.29 is 4.74 Å². The molecule has 0 aliphatic carbocycles. The van der Waals surface area contributed by atoms with Crippen LogP contribution in [0.5, 0.6) is 5.88 Å². The van der Waals surface area contributed by atoms with Crippen molar-refractivity contribution in [3.8, 4) is 11.6 Å². The molecule has 0 atom stereocenters. The molecule has 1 aromatic heterocycles. The number of nitrogens with two attached hydrogens (primary N) is 1. The fraction of sp³-hybridized carbons (Fsp3) is 0.100. The van der Waals surface area contributed by atoms with E-state index in [9.17, 15) is 0 Å². The first-order chi connectivity index (χ1) is 6.81. The number of anilines is 1. The standard InChI is InChI=1S/C10H11N3O/c1-14-10-9(11)7-13(12-10)8-5-3-2-4-6-8/h2-7H,11H2,1H3. The molecule has 2 rings (SSSR count). The van der Waals surface area contributed by atoms with Crippen molar-refractivity contribution in [3.05, 3.63) is 36.5 Å². The highest BCUT2D eigenvalue weighted by Crippen LogP contribution is 2.19. The number of benzene rings is 1. The molecule has 0 bridgehead atoms. The monoisotopic (exact) mass is 189 g/mol. The second kappa shape index (κ2) is 3.41. The lowest BCUT2D eigenvalue weighted by atomic mass is 10.3. The number of rotatable bonds is 2. The highest BCUT2D eigenvalue weighted by molar-refractivity contribution is 5.48. The predicted octanol–water partition coefficient (Wildman–Crippen LogP) is 1.46. The quantitative estimate of drug-likeness (QED) is 0.778. The van der Waals surface area contributed by atoms with Crippen molar-refractivity contribution in [3.63, 3.8) is 0 Å². The van der Waals surface area contributed by atoms with Crippen LogP contribution in [0, 0.1) is 0 Å². The van der Waals surface area contributed by atoms with Gasteiger partial charge < -0.3 is 10.5 Å². The lowest BCUT2D eigenvalue weighted by Gasteiger charge is -1.98. The summed E-state index contributed by atoms with van der Waals surface area (Å²) < 4.78 is 6.68. The maximum atomic E-state index is 5.68. The second-order valence-electron chi connectivity index (χ2n) is 2.87. The topological polar surface area (TPSA) is 53.1 Å². The SMILES string of the molecule is COc1nn(-c2ccccc2)cc1N. The number of aromatic nitrogens is 2. The lowest BCUT2D eigenvalue weighted by molar-refractivity contribution is 0.396. The summed E-state index contributed by atoms with van der Waals surface area (Å²) in [5.41, 5.74) is 7.18. The Hall–Kier alpha value is -1.97. The largest absolute Gasteiger partial charge is 0.478 e. The zero-order valence-corrected chi connectivity index (χ0v) is 7.84. The Kier molecular flexibility index (Phi) is 2.10. The van der Waals surface area contributed by atoms with Crippen LogP contribution in [0.1, 0.15) is 0 Å². The lowest BCUT2D eigenvalue weighted by Crippen LogP contribution is -1.94. The molecule has 0 spiro atoms. The highest BCUT2D eigenvalue weighted by Gasteiger charge is 2.05. The van der Waals surface area contributed by atoms with E-state index in [4.69, 9.17) is 10.5 Å². The second-order valence-corrected chi connectivity index (χ2v) is 2.87. The van der Waals surface area contributed by atoms with Crippen LogP contribution in [-0.4, -0.2) is 16.9 Å². The minimum Gasteiger partial charge on any atom is -0.478 e. The van der Waals surface area contributed by atoms with E-state index in [1.807, 2.05) is 30.3 Å². The van der Waals surface area contributed by atoms with E-state index in [2.05, 4.69) is 5.10 Å². The van der Waals surface area contributed by atoms with Crippen molar-refractivity contribution >= 4 is 5.69 Å². The molecule has 0 aliphatic heterocycles. The third-order valence-electron chi connectivity index (χ3n) is 1.92. The number of nitrogens with zero attached hydrogens (tertiary/aromatic N) is 2. The molecule has 4 nitrogen and oxygen atoms in total. The van der Waals surface area contributed by atoms with Gasteiger partial charge >= 0.3 is 0 Å². The molecule has 0 saturated heterocycles. The zero-order valence-electron chi connectivity index (χ0n) is 7.84. The van der Waals surface area contributed by atoms with Gasteiger partial charge in [0.1, 0.15) is 5.69 Å². The number of nitrogen functional groups attached to an aromatic ring is 1. The molecule has 4 heteroatoms. The predicted molar refractivity (Wildman–Crippen MR) is 54.5 cm³/mol. The van der Waals surface area contributed by atoms with Crippen molar-refractivity contribution in [2.75, 3.05) is 12.8 Å². The number of para-hydroxylation sites is 1. The summed E-state index contributed by atoms with van der Waals surface area (Å²) in [6, 6.07) is 9.74. The van der Waals surface area contributed by atoms with Gasteiger partial charge in [-0.2, -0.15) is 0 Å². The van der Waals surface area contributed by atoms with Crippen molar-refractivity contribution in [2.45, 2.75) is 0 Å². The molecule has 0 unspecified atom stereocenters. The maximum Gasteiger partial charge on any atom is 0.256 e. The Balaban J connectivity index is 2.43. The first-order valence-electron chi connectivity index (χ1n) is 4.26.